The molecule has 0 radical (unpaired) electrons. The van der Waals surface area contributed by atoms with Crippen LogP contribution in [0.5, 0.6) is 0 Å². The molecule has 1 aromatic carbocycles. The van der Waals surface area contributed by atoms with Gasteiger partial charge in [0, 0.05) is 20.1 Å². The van der Waals surface area contributed by atoms with Crippen molar-refractivity contribution >= 4 is 5.91 Å². The van der Waals surface area contributed by atoms with Crippen molar-refractivity contribution in [1.82, 2.24) is 4.90 Å². The second-order valence-corrected chi connectivity index (χ2v) is 6.01. The molecule has 3 heteroatoms. The predicted octanol–water partition coefficient (Wildman–Crippen LogP) is 2.31. The molecule has 3 nitrogen and oxygen atoms in total. The number of aryl methyl sites for hydroxylation is 3. The van der Waals surface area contributed by atoms with E-state index in [1.54, 1.807) is 0 Å². The zero-order valence-corrected chi connectivity index (χ0v) is 12.4. The molecule has 19 heavy (non-hydrogen) atoms. The third-order valence-corrected chi connectivity index (χ3v) is 4.40. The molecular weight excluding hydrogens is 236 g/mol. The Morgan fingerprint density at radius 1 is 1.21 bits per heavy atom. The van der Waals surface area contributed by atoms with E-state index in [0.717, 1.165) is 12.8 Å². The van der Waals surface area contributed by atoms with Crippen molar-refractivity contribution in [2.75, 3.05) is 13.6 Å². The van der Waals surface area contributed by atoms with Crippen molar-refractivity contribution in [3.63, 3.8) is 0 Å². The van der Waals surface area contributed by atoms with Gasteiger partial charge in [0.2, 0.25) is 5.91 Å². The lowest BCUT2D eigenvalue weighted by Crippen LogP contribution is -2.37. The zero-order valence-electron chi connectivity index (χ0n) is 12.4. The van der Waals surface area contributed by atoms with Gasteiger partial charge in [-0.25, -0.2) is 0 Å². The Labute approximate surface area is 115 Å². The Balaban J connectivity index is 2.13. The number of hydrogen-bond donors (Lipinski definition) is 1. The fourth-order valence-corrected chi connectivity index (χ4v) is 2.58. The van der Waals surface area contributed by atoms with Crippen LogP contribution in [0.15, 0.2) is 12.1 Å². The largest absolute Gasteiger partial charge is 0.341 e. The first-order valence-electron chi connectivity index (χ1n) is 6.92. The normalized spacial score (nSPS) is 16.3. The van der Waals surface area contributed by atoms with Gasteiger partial charge in [0.25, 0.3) is 0 Å². The van der Waals surface area contributed by atoms with Gasteiger partial charge in [-0.05, 0) is 55.9 Å². The van der Waals surface area contributed by atoms with Gasteiger partial charge in [0.1, 0.15) is 0 Å². The van der Waals surface area contributed by atoms with Gasteiger partial charge < -0.3 is 10.6 Å². The molecule has 1 saturated carbocycles. The minimum atomic E-state index is -0.248. The molecule has 0 bridgehead atoms. The molecule has 0 unspecified atom stereocenters. The summed E-state index contributed by atoms with van der Waals surface area (Å²) in [4.78, 5) is 14.2. The number of carbonyl (C=O) groups is 1. The summed E-state index contributed by atoms with van der Waals surface area (Å²) in [5, 5.41) is 0. The molecule has 1 aliphatic carbocycles. The third-order valence-electron chi connectivity index (χ3n) is 4.40. The van der Waals surface area contributed by atoms with Crippen molar-refractivity contribution in [2.45, 2.75) is 40.2 Å². The number of rotatable bonds is 4. The SMILES string of the molecule is Cc1cc(C)c(CN(C)C(=O)C2(CN)CC2)cc1C. The van der Waals surface area contributed by atoms with Crippen LogP contribution in [0.25, 0.3) is 0 Å². The van der Waals surface area contributed by atoms with Gasteiger partial charge >= 0.3 is 0 Å². The number of nitrogens with zero attached hydrogens (tertiary/aromatic N) is 1. The van der Waals surface area contributed by atoms with E-state index in [2.05, 4.69) is 32.9 Å². The lowest BCUT2D eigenvalue weighted by molar-refractivity contribution is -0.135. The smallest absolute Gasteiger partial charge is 0.230 e. The predicted molar refractivity (Wildman–Crippen MR) is 77.8 cm³/mol. The summed E-state index contributed by atoms with van der Waals surface area (Å²) >= 11 is 0. The minimum Gasteiger partial charge on any atom is -0.341 e. The number of benzene rings is 1. The van der Waals surface area contributed by atoms with Crippen LogP contribution in [-0.4, -0.2) is 24.4 Å². The summed E-state index contributed by atoms with van der Waals surface area (Å²) in [5.74, 6) is 0.202. The van der Waals surface area contributed by atoms with Crippen LogP contribution in [0, 0.1) is 26.2 Å². The van der Waals surface area contributed by atoms with Gasteiger partial charge in [-0.1, -0.05) is 12.1 Å². The van der Waals surface area contributed by atoms with E-state index in [9.17, 15) is 4.79 Å². The first-order valence-corrected chi connectivity index (χ1v) is 6.92. The van der Waals surface area contributed by atoms with Gasteiger partial charge in [-0.3, -0.25) is 4.79 Å². The van der Waals surface area contributed by atoms with Gasteiger partial charge in [-0.15, -0.1) is 0 Å². The molecule has 0 atom stereocenters. The molecule has 104 valence electrons. The quantitative estimate of drug-likeness (QED) is 0.903. The Bertz CT molecular complexity index is 504. The summed E-state index contributed by atoms with van der Waals surface area (Å²) in [6.45, 7) is 7.49. The average Bonchev–Trinajstić information content (AvgIpc) is 3.16. The first kappa shape index (κ1) is 14.1. The highest BCUT2D eigenvalue weighted by molar-refractivity contribution is 5.85. The number of amides is 1. The van der Waals surface area contributed by atoms with Gasteiger partial charge in [0.15, 0.2) is 0 Å². The standard InChI is InChI=1S/C16H24N2O/c1-11-7-13(3)14(8-12(11)2)9-18(4)15(19)16(10-17)5-6-16/h7-8H,5-6,9-10,17H2,1-4H3. The Morgan fingerprint density at radius 3 is 2.32 bits per heavy atom. The molecule has 2 N–H and O–H groups in total. The third kappa shape index (κ3) is 2.66. The highest BCUT2D eigenvalue weighted by Gasteiger charge is 2.49. The van der Waals surface area contributed by atoms with E-state index in [1.165, 1.54) is 22.3 Å². The maximum absolute atomic E-state index is 12.4. The first-order chi connectivity index (χ1) is 8.89. The summed E-state index contributed by atoms with van der Waals surface area (Å²) < 4.78 is 0. The Hall–Kier alpha value is -1.35. The number of hydrogen-bond acceptors (Lipinski definition) is 2. The lowest BCUT2D eigenvalue weighted by Gasteiger charge is -2.24. The van der Waals surface area contributed by atoms with E-state index < -0.39 is 0 Å². The molecule has 2 rings (SSSR count). The highest BCUT2D eigenvalue weighted by atomic mass is 16.2. The van der Waals surface area contributed by atoms with Gasteiger partial charge in [-0.2, -0.15) is 0 Å². The molecule has 1 fully saturated rings. The van der Waals surface area contributed by atoms with E-state index >= 15 is 0 Å². The Morgan fingerprint density at radius 2 is 1.79 bits per heavy atom. The molecule has 0 aromatic heterocycles. The van der Waals surface area contributed by atoms with Crippen molar-refractivity contribution in [2.24, 2.45) is 11.1 Å². The molecule has 0 spiro atoms. The molecule has 1 amide bonds. The fraction of sp³-hybridized carbons (Fsp3) is 0.562. The van der Waals surface area contributed by atoms with Crippen LogP contribution in [-0.2, 0) is 11.3 Å². The molecule has 0 heterocycles. The van der Waals surface area contributed by atoms with Crippen LogP contribution in [0.4, 0.5) is 0 Å². The summed E-state index contributed by atoms with van der Waals surface area (Å²) in [6, 6.07) is 4.38. The lowest BCUT2D eigenvalue weighted by atomic mass is 9.99. The van der Waals surface area contributed by atoms with E-state index in [0.29, 0.717) is 13.1 Å². The second kappa shape index (κ2) is 4.97. The van der Waals surface area contributed by atoms with Crippen molar-refractivity contribution in [1.29, 1.82) is 0 Å². The van der Waals surface area contributed by atoms with E-state index in [-0.39, 0.29) is 11.3 Å². The summed E-state index contributed by atoms with van der Waals surface area (Å²) in [5.41, 5.74) is 10.5. The summed E-state index contributed by atoms with van der Waals surface area (Å²) in [7, 11) is 1.88. The Kier molecular flexibility index (Phi) is 3.68. The van der Waals surface area contributed by atoms with Crippen LogP contribution in [0.3, 0.4) is 0 Å². The monoisotopic (exact) mass is 260 g/mol. The second-order valence-electron chi connectivity index (χ2n) is 6.01. The average molecular weight is 260 g/mol. The maximum atomic E-state index is 12.4. The molecule has 1 aliphatic rings. The molecule has 0 saturated heterocycles. The highest BCUT2D eigenvalue weighted by Crippen LogP contribution is 2.46. The molecular formula is C16H24N2O. The van der Waals surface area contributed by atoms with Crippen molar-refractivity contribution in [3.8, 4) is 0 Å². The van der Waals surface area contributed by atoms with Crippen LogP contribution in [0.1, 0.15) is 35.1 Å². The van der Waals surface area contributed by atoms with Crippen LogP contribution >= 0.6 is 0 Å². The van der Waals surface area contributed by atoms with Crippen molar-refractivity contribution < 1.29 is 4.79 Å². The topological polar surface area (TPSA) is 46.3 Å². The fourth-order valence-electron chi connectivity index (χ4n) is 2.58. The summed E-state index contributed by atoms with van der Waals surface area (Å²) in [6.07, 6.45) is 1.89. The van der Waals surface area contributed by atoms with E-state index in [4.69, 9.17) is 5.73 Å². The van der Waals surface area contributed by atoms with Gasteiger partial charge in [0.05, 0.1) is 5.41 Å². The van der Waals surface area contributed by atoms with Crippen LogP contribution < -0.4 is 5.73 Å². The maximum Gasteiger partial charge on any atom is 0.230 e. The number of carbonyl (C=O) groups excluding carboxylic acids is 1. The molecule has 0 aliphatic heterocycles. The van der Waals surface area contributed by atoms with Crippen molar-refractivity contribution in [3.05, 3.63) is 34.4 Å². The number of nitrogens with two attached hydrogens (primary N) is 1. The van der Waals surface area contributed by atoms with Crippen LogP contribution in [0.2, 0.25) is 0 Å². The minimum absolute atomic E-state index is 0.202. The zero-order chi connectivity index (χ0) is 14.2. The van der Waals surface area contributed by atoms with E-state index in [1.807, 2.05) is 11.9 Å². The molecule has 1 aromatic rings.